The molecule has 1 aromatic carbocycles. The van der Waals surface area contributed by atoms with Crippen LogP contribution in [0.2, 0.25) is 0 Å². The van der Waals surface area contributed by atoms with E-state index < -0.39 is 6.61 Å². The number of rotatable bonds is 7. The van der Waals surface area contributed by atoms with Crippen molar-refractivity contribution in [2.24, 2.45) is 0 Å². The summed E-state index contributed by atoms with van der Waals surface area (Å²) in [4.78, 5) is 4.33. The number of hydrogen-bond donors (Lipinski definition) is 2. The number of fused-ring (bicyclic) bond motifs is 1. The minimum atomic E-state index is -2.84. The lowest BCUT2D eigenvalue weighted by Crippen LogP contribution is -2.17. The van der Waals surface area contributed by atoms with Gasteiger partial charge in [-0.25, -0.2) is 0 Å². The molecule has 2 heterocycles. The van der Waals surface area contributed by atoms with Gasteiger partial charge in [0.15, 0.2) is 11.5 Å². The Hall–Kier alpha value is -2.42. The Morgan fingerprint density at radius 1 is 1.16 bits per heavy atom. The molecule has 0 saturated heterocycles. The summed E-state index contributed by atoms with van der Waals surface area (Å²) in [5.41, 5.74) is 2.16. The van der Waals surface area contributed by atoms with Crippen LogP contribution in [0.4, 0.5) is 20.2 Å². The molecule has 1 aromatic heterocycles. The van der Waals surface area contributed by atoms with E-state index in [-0.39, 0.29) is 11.2 Å². The van der Waals surface area contributed by atoms with Crippen LogP contribution in [-0.4, -0.2) is 31.3 Å². The Balaban J connectivity index is 1.64. The number of nitrogens with zero attached hydrogens (tertiary/aromatic N) is 1. The molecule has 0 radical (unpaired) electrons. The summed E-state index contributed by atoms with van der Waals surface area (Å²) in [5, 5.41) is 6.47. The minimum Gasteiger partial charge on any atom is -0.493 e. The largest absolute Gasteiger partial charge is 0.493 e. The van der Waals surface area contributed by atoms with Gasteiger partial charge >= 0.3 is 6.61 Å². The van der Waals surface area contributed by atoms with Gasteiger partial charge in [0.05, 0.1) is 31.3 Å². The van der Waals surface area contributed by atoms with Gasteiger partial charge in [-0.2, -0.15) is 8.78 Å². The van der Waals surface area contributed by atoms with Crippen molar-refractivity contribution in [1.82, 2.24) is 4.98 Å². The highest BCUT2D eigenvalue weighted by molar-refractivity contribution is 7.99. The average molecular weight is 369 g/mol. The van der Waals surface area contributed by atoms with Gasteiger partial charge in [-0.15, -0.1) is 11.8 Å². The van der Waals surface area contributed by atoms with E-state index in [0.717, 1.165) is 11.4 Å². The zero-order valence-corrected chi connectivity index (χ0v) is 14.4. The van der Waals surface area contributed by atoms with Gasteiger partial charge in [0.25, 0.3) is 0 Å². The number of methoxy groups -OCH3 is 2. The van der Waals surface area contributed by atoms with E-state index in [4.69, 9.17) is 9.47 Å². The van der Waals surface area contributed by atoms with Gasteiger partial charge in [-0.3, -0.25) is 4.98 Å². The van der Waals surface area contributed by atoms with Crippen molar-refractivity contribution >= 4 is 23.1 Å². The lowest BCUT2D eigenvalue weighted by atomic mass is 10.2. The van der Waals surface area contributed by atoms with Crippen LogP contribution in [-0.2, 0) is 5.75 Å². The Labute approximate surface area is 147 Å². The van der Waals surface area contributed by atoms with Crippen molar-refractivity contribution in [2.75, 3.05) is 24.9 Å². The monoisotopic (exact) mass is 369 g/mol. The van der Waals surface area contributed by atoms with Crippen LogP contribution in [0.3, 0.4) is 0 Å². The number of ether oxygens (including phenoxy) is 3. The van der Waals surface area contributed by atoms with Crippen molar-refractivity contribution in [3.8, 4) is 17.2 Å². The second-order valence-electron chi connectivity index (χ2n) is 5.06. The summed E-state index contributed by atoms with van der Waals surface area (Å²) in [6.07, 6.45) is 1.66. The van der Waals surface area contributed by atoms with E-state index in [1.54, 1.807) is 50.4 Å². The third kappa shape index (κ3) is 3.98. The highest BCUT2D eigenvalue weighted by atomic mass is 32.2. The number of aromatic nitrogens is 1. The molecule has 0 amide bonds. The molecule has 1 unspecified atom stereocenters. The number of thioether (sulfide) groups is 1. The van der Waals surface area contributed by atoms with Crippen LogP contribution in [0.15, 0.2) is 30.5 Å². The fourth-order valence-electron chi connectivity index (χ4n) is 2.46. The highest BCUT2D eigenvalue weighted by Gasteiger charge is 2.22. The van der Waals surface area contributed by atoms with Crippen molar-refractivity contribution in [3.05, 3.63) is 36.2 Å². The minimum absolute atomic E-state index is 0.116. The molecular weight excluding hydrogens is 352 g/mol. The van der Waals surface area contributed by atoms with Crippen molar-refractivity contribution in [3.63, 3.8) is 0 Å². The number of benzene rings is 1. The maximum Gasteiger partial charge on any atom is 0.387 e. The van der Waals surface area contributed by atoms with E-state index >= 15 is 0 Å². The van der Waals surface area contributed by atoms with E-state index in [0.29, 0.717) is 22.9 Å². The van der Waals surface area contributed by atoms with Gasteiger partial charge < -0.3 is 24.8 Å². The second kappa shape index (κ2) is 7.64. The number of alkyl halides is 2. The first-order chi connectivity index (χ1) is 12.1. The number of hydrogen-bond acceptors (Lipinski definition) is 7. The maximum atomic E-state index is 12.3. The summed E-state index contributed by atoms with van der Waals surface area (Å²) in [6.45, 7) is -2.84. The standard InChI is InChI=1S/C16H17F2N3O3S/c1-22-13-5-6-19-12(14(13)23-2)8-25-16-20-10-4-3-9(24-15(17)18)7-11(10)21-16/h3-7,15-16,20-21H,8H2,1-2H3. The molecule has 0 bridgehead atoms. The molecule has 134 valence electrons. The molecule has 0 saturated carbocycles. The molecule has 0 spiro atoms. The molecule has 0 aliphatic carbocycles. The number of nitrogens with one attached hydrogen (secondary N) is 2. The highest BCUT2D eigenvalue weighted by Crippen LogP contribution is 2.38. The van der Waals surface area contributed by atoms with Crippen LogP contribution in [0.5, 0.6) is 17.2 Å². The van der Waals surface area contributed by atoms with E-state index in [1.165, 1.54) is 6.07 Å². The smallest absolute Gasteiger partial charge is 0.387 e. The van der Waals surface area contributed by atoms with Gasteiger partial charge in [0.2, 0.25) is 0 Å². The number of pyridine rings is 1. The first kappa shape index (κ1) is 17.4. The Kier molecular flexibility index (Phi) is 5.32. The third-order valence-electron chi connectivity index (χ3n) is 3.54. The van der Waals surface area contributed by atoms with Crippen molar-refractivity contribution in [2.45, 2.75) is 17.9 Å². The number of anilines is 2. The van der Waals surface area contributed by atoms with Crippen molar-refractivity contribution < 1.29 is 23.0 Å². The van der Waals surface area contributed by atoms with Gasteiger partial charge in [0, 0.05) is 24.1 Å². The molecule has 1 aliphatic heterocycles. The topological polar surface area (TPSA) is 64.6 Å². The lowest BCUT2D eigenvalue weighted by Gasteiger charge is -2.14. The summed E-state index contributed by atoms with van der Waals surface area (Å²) in [6, 6.07) is 6.48. The zero-order valence-electron chi connectivity index (χ0n) is 13.6. The van der Waals surface area contributed by atoms with Crippen molar-refractivity contribution in [1.29, 1.82) is 0 Å². The Bertz CT molecular complexity index is 749. The summed E-state index contributed by atoms with van der Waals surface area (Å²) >= 11 is 1.55. The molecule has 9 heteroatoms. The van der Waals surface area contributed by atoms with Crippen LogP contribution >= 0.6 is 11.8 Å². The summed E-state index contributed by atoms with van der Waals surface area (Å²) in [7, 11) is 3.14. The zero-order chi connectivity index (χ0) is 17.8. The molecule has 2 N–H and O–H groups in total. The molecule has 1 atom stereocenters. The fourth-order valence-corrected chi connectivity index (χ4v) is 3.41. The predicted octanol–water partition coefficient (Wildman–Crippen LogP) is 3.75. The molecule has 3 rings (SSSR count). The molecule has 0 fully saturated rings. The van der Waals surface area contributed by atoms with E-state index in [1.807, 2.05) is 0 Å². The van der Waals surface area contributed by atoms with Crippen LogP contribution in [0, 0.1) is 0 Å². The van der Waals surface area contributed by atoms with Crippen LogP contribution in [0.25, 0.3) is 0 Å². The fraction of sp³-hybridized carbons (Fsp3) is 0.312. The van der Waals surface area contributed by atoms with Gasteiger partial charge in [0.1, 0.15) is 11.2 Å². The van der Waals surface area contributed by atoms with Crippen LogP contribution < -0.4 is 24.8 Å². The average Bonchev–Trinajstić information content (AvgIpc) is 3.01. The predicted molar refractivity (Wildman–Crippen MR) is 92.7 cm³/mol. The summed E-state index contributed by atoms with van der Waals surface area (Å²) in [5.74, 6) is 1.90. The normalized spacial score (nSPS) is 15.3. The maximum absolute atomic E-state index is 12.3. The second-order valence-corrected chi connectivity index (χ2v) is 6.15. The molecule has 1 aliphatic rings. The molecule has 2 aromatic rings. The van der Waals surface area contributed by atoms with Gasteiger partial charge in [-0.1, -0.05) is 0 Å². The summed E-state index contributed by atoms with van der Waals surface area (Å²) < 4.78 is 39.6. The molecular formula is C16H17F2N3O3S. The third-order valence-corrected chi connectivity index (χ3v) is 4.55. The SMILES string of the molecule is COc1ccnc(CSC2Nc3ccc(OC(F)F)cc3N2)c1OC. The lowest BCUT2D eigenvalue weighted by molar-refractivity contribution is -0.0497. The first-order valence-corrected chi connectivity index (χ1v) is 8.45. The van der Waals surface area contributed by atoms with E-state index in [9.17, 15) is 8.78 Å². The molecule has 6 nitrogen and oxygen atoms in total. The number of halogens is 2. The molecule has 25 heavy (non-hydrogen) atoms. The Morgan fingerprint density at radius 2 is 1.96 bits per heavy atom. The quantitative estimate of drug-likeness (QED) is 0.770. The van der Waals surface area contributed by atoms with Crippen LogP contribution in [0.1, 0.15) is 5.69 Å². The first-order valence-electron chi connectivity index (χ1n) is 7.40. The Morgan fingerprint density at radius 3 is 2.68 bits per heavy atom. The van der Waals surface area contributed by atoms with Gasteiger partial charge in [-0.05, 0) is 12.1 Å². The van der Waals surface area contributed by atoms with E-state index in [2.05, 4.69) is 20.4 Å².